The molecule has 0 spiro atoms. The lowest BCUT2D eigenvalue weighted by atomic mass is 10.00. The molecular formula is C19H34NO4P. The zero-order valence-corrected chi connectivity index (χ0v) is 16.2. The molecule has 0 aliphatic heterocycles. The van der Waals surface area contributed by atoms with Gasteiger partial charge in [-0.25, -0.2) is 0 Å². The molecule has 144 valence electrons. The number of aliphatic hydroxyl groups excluding tert-OH is 1. The third-order valence-corrected chi connectivity index (χ3v) is 5.38. The number of unbranched alkanes of at least 4 members (excludes halogenated alkanes) is 5. The predicted molar refractivity (Wildman–Crippen MR) is 103 cm³/mol. The molecule has 5 nitrogen and oxygen atoms in total. The minimum Gasteiger partial charge on any atom is -0.391 e. The van der Waals surface area contributed by atoms with Crippen LogP contribution < -0.4 is 5.73 Å². The summed E-state index contributed by atoms with van der Waals surface area (Å²) in [6.45, 7) is 2.23. The maximum atomic E-state index is 10.9. The first-order chi connectivity index (χ1) is 11.8. The minimum absolute atomic E-state index is 0.498. The molecule has 0 heterocycles. The van der Waals surface area contributed by atoms with Gasteiger partial charge in [0.1, 0.15) is 0 Å². The molecule has 0 saturated heterocycles. The van der Waals surface area contributed by atoms with E-state index in [4.69, 9.17) is 15.5 Å². The second kappa shape index (κ2) is 11.8. The van der Waals surface area contributed by atoms with Crippen LogP contribution >= 0.6 is 7.60 Å². The van der Waals surface area contributed by atoms with E-state index in [-0.39, 0.29) is 0 Å². The number of nitrogens with two attached hydrogens (primary N) is 1. The van der Waals surface area contributed by atoms with Crippen molar-refractivity contribution in [2.24, 2.45) is 5.73 Å². The van der Waals surface area contributed by atoms with Crippen LogP contribution in [-0.2, 0) is 17.4 Å². The second-order valence-corrected chi connectivity index (χ2v) is 8.65. The quantitative estimate of drug-likeness (QED) is 0.314. The Kier molecular flexibility index (Phi) is 10.6. The summed E-state index contributed by atoms with van der Waals surface area (Å²) in [6.07, 6.45) is 8.32. The fourth-order valence-corrected chi connectivity index (χ4v) is 3.64. The Labute approximate surface area is 151 Å². The molecule has 0 aliphatic rings. The van der Waals surface area contributed by atoms with E-state index in [1.807, 2.05) is 0 Å². The summed E-state index contributed by atoms with van der Waals surface area (Å²) in [5.41, 5.74) is 8.29. The lowest BCUT2D eigenvalue weighted by Crippen LogP contribution is -2.37. The van der Waals surface area contributed by atoms with Gasteiger partial charge in [0.2, 0.25) is 0 Å². The lowest BCUT2D eigenvalue weighted by molar-refractivity contribution is 0.155. The Morgan fingerprint density at radius 3 is 2.04 bits per heavy atom. The van der Waals surface area contributed by atoms with E-state index in [1.54, 1.807) is 0 Å². The van der Waals surface area contributed by atoms with E-state index in [0.29, 0.717) is 12.8 Å². The number of aliphatic hydroxyl groups is 1. The van der Waals surface area contributed by atoms with Crippen molar-refractivity contribution in [2.45, 2.75) is 76.9 Å². The first-order valence-electron chi connectivity index (χ1n) is 9.38. The molecule has 1 aromatic carbocycles. The minimum atomic E-state index is -4.23. The molecule has 0 fully saturated rings. The number of rotatable bonds is 13. The Morgan fingerprint density at radius 2 is 1.48 bits per heavy atom. The van der Waals surface area contributed by atoms with Gasteiger partial charge in [0.25, 0.3) is 0 Å². The number of benzene rings is 1. The first-order valence-corrected chi connectivity index (χ1v) is 11.2. The fraction of sp³-hybridized carbons (Fsp3) is 0.684. The molecule has 0 radical (unpaired) electrons. The van der Waals surface area contributed by atoms with Crippen LogP contribution in [-0.4, -0.2) is 33.2 Å². The van der Waals surface area contributed by atoms with Gasteiger partial charge in [0, 0.05) is 6.04 Å². The van der Waals surface area contributed by atoms with Crippen molar-refractivity contribution in [1.29, 1.82) is 0 Å². The van der Waals surface area contributed by atoms with Crippen LogP contribution in [0.4, 0.5) is 0 Å². The van der Waals surface area contributed by atoms with Crippen LogP contribution in [0.5, 0.6) is 0 Å². The predicted octanol–water partition coefficient (Wildman–Crippen LogP) is 3.39. The SMILES string of the molecule is CCCCCCCCc1ccc(CCC(N)C(O)CP(=O)(O)O)cc1. The average molecular weight is 371 g/mol. The molecule has 2 atom stereocenters. The topological polar surface area (TPSA) is 104 Å². The van der Waals surface area contributed by atoms with Crippen molar-refractivity contribution in [3.63, 3.8) is 0 Å². The standard InChI is InChI=1S/C19H34NO4P/c1-2-3-4-5-6-7-8-16-9-11-17(12-10-16)13-14-18(20)19(21)15-25(22,23)24/h9-12,18-19,21H,2-8,13-15,20H2,1H3,(H2,22,23,24). The molecule has 5 N–H and O–H groups in total. The average Bonchev–Trinajstić information content (AvgIpc) is 2.55. The van der Waals surface area contributed by atoms with Crippen molar-refractivity contribution in [3.8, 4) is 0 Å². The summed E-state index contributed by atoms with van der Waals surface area (Å²) in [5.74, 6) is 0. The van der Waals surface area contributed by atoms with Crippen LogP contribution in [0, 0.1) is 0 Å². The van der Waals surface area contributed by atoms with E-state index in [2.05, 4.69) is 31.2 Å². The van der Waals surface area contributed by atoms with Gasteiger partial charge in [-0.05, 0) is 36.8 Å². The third-order valence-electron chi connectivity index (χ3n) is 4.53. The van der Waals surface area contributed by atoms with Crippen molar-refractivity contribution in [2.75, 3.05) is 6.16 Å². The molecule has 0 amide bonds. The van der Waals surface area contributed by atoms with Crippen molar-refractivity contribution < 1.29 is 19.5 Å². The fourth-order valence-electron chi connectivity index (χ4n) is 2.89. The van der Waals surface area contributed by atoms with E-state index < -0.39 is 25.9 Å². The molecule has 2 unspecified atom stereocenters. The monoisotopic (exact) mass is 371 g/mol. The van der Waals surface area contributed by atoms with Gasteiger partial charge in [-0.15, -0.1) is 0 Å². The van der Waals surface area contributed by atoms with Crippen LogP contribution in [0.2, 0.25) is 0 Å². The molecular weight excluding hydrogens is 337 g/mol. The highest BCUT2D eigenvalue weighted by Gasteiger charge is 2.24. The van der Waals surface area contributed by atoms with Gasteiger partial charge in [-0.1, -0.05) is 63.3 Å². The van der Waals surface area contributed by atoms with Crippen LogP contribution in [0.1, 0.15) is 63.0 Å². The highest BCUT2D eigenvalue weighted by atomic mass is 31.2. The van der Waals surface area contributed by atoms with Gasteiger partial charge in [-0.3, -0.25) is 4.57 Å². The van der Waals surface area contributed by atoms with E-state index in [1.165, 1.54) is 44.1 Å². The summed E-state index contributed by atoms with van der Waals surface area (Å²) in [7, 11) is -4.23. The second-order valence-electron chi connectivity index (χ2n) is 6.95. The summed E-state index contributed by atoms with van der Waals surface area (Å²) in [5, 5.41) is 9.73. The summed E-state index contributed by atoms with van der Waals surface area (Å²) < 4.78 is 10.9. The maximum Gasteiger partial charge on any atom is 0.328 e. The van der Waals surface area contributed by atoms with Gasteiger partial charge in [-0.2, -0.15) is 0 Å². The van der Waals surface area contributed by atoms with E-state index >= 15 is 0 Å². The Bertz CT molecular complexity index is 515. The Morgan fingerprint density at radius 1 is 0.960 bits per heavy atom. The maximum absolute atomic E-state index is 10.9. The highest BCUT2D eigenvalue weighted by molar-refractivity contribution is 7.51. The highest BCUT2D eigenvalue weighted by Crippen LogP contribution is 2.35. The lowest BCUT2D eigenvalue weighted by Gasteiger charge is -2.19. The summed E-state index contributed by atoms with van der Waals surface area (Å²) in [6, 6.07) is 7.80. The molecule has 6 heteroatoms. The normalized spacial score (nSPS) is 14.4. The molecule has 1 aromatic rings. The zero-order valence-electron chi connectivity index (χ0n) is 15.3. The molecule has 1 rings (SSSR count). The van der Waals surface area contributed by atoms with Crippen molar-refractivity contribution in [1.82, 2.24) is 0 Å². The van der Waals surface area contributed by atoms with Crippen molar-refractivity contribution >= 4 is 7.60 Å². The number of hydrogen-bond acceptors (Lipinski definition) is 3. The zero-order chi connectivity index (χ0) is 18.7. The van der Waals surface area contributed by atoms with E-state index in [9.17, 15) is 9.67 Å². The smallest absolute Gasteiger partial charge is 0.328 e. The largest absolute Gasteiger partial charge is 0.391 e. The summed E-state index contributed by atoms with van der Waals surface area (Å²) in [4.78, 5) is 17.8. The summed E-state index contributed by atoms with van der Waals surface area (Å²) >= 11 is 0. The molecule has 0 aromatic heterocycles. The van der Waals surface area contributed by atoms with Gasteiger partial charge in [0.05, 0.1) is 12.3 Å². The van der Waals surface area contributed by atoms with Crippen LogP contribution in [0.15, 0.2) is 24.3 Å². The third kappa shape index (κ3) is 10.8. The van der Waals surface area contributed by atoms with Gasteiger partial charge in [0.15, 0.2) is 0 Å². The molecule has 0 aliphatic carbocycles. The Hall–Kier alpha value is -0.710. The Balaban J connectivity index is 2.28. The van der Waals surface area contributed by atoms with Crippen LogP contribution in [0.3, 0.4) is 0 Å². The van der Waals surface area contributed by atoms with Gasteiger partial charge >= 0.3 is 7.60 Å². The van der Waals surface area contributed by atoms with E-state index in [0.717, 1.165) is 12.0 Å². The number of hydrogen-bond donors (Lipinski definition) is 4. The van der Waals surface area contributed by atoms with Gasteiger partial charge < -0.3 is 20.6 Å². The molecule has 25 heavy (non-hydrogen) atoms. The van der Waals surface area contributed by atoms with Crippen LogP contribution in [0.25, 0.3) is 0 Å². The molecule has 0 saturated carbocycles. The molecule has 0 bridgehead atoms. The van der Waals surface area contributed by atoms with Crippen molar-refractivity contribution in [3.05, 3.63) is 35.4 Å². The number of aryl methyl sites for hydroxylation is 2. The first kappa shape index (κ1) is 22.3.